The zero-order valence-electron chi connectivity index (χ0n) is 10.8. The van der Waals surface area contributed by atoms with E-state index < -0.39 is 11.6 Å². The van der Waals surface area contributed by atoms with Crippen LogP contribution in [0, 0.1) is 0 Å². The van der Waals surface area contributed by atoms with Crippen LogP contribution in [0.5, 0.6) is 0 Å². The first-order valence-corrected chi connectivity index (χ1v) is 6.34. The van der Waals surface area contributed by atoms with E-state index >= 15 is 0 Å². The second-order valence-electron chi connectivity index (χ2n) is 5.31. The molecule has 0 bridgehead atoms. The van der Waals surface area contributed by atoms with Gasteiger partial charge in [0.15, 0.2) is 0 Å². The van der Waals surface area contributed by atoms with Gasteiger partial charge in [0, 0.05) is 13.0 Å². The molecule has 5 heteroatoms. The maximum absolute atomic E-state index is 12.0. The molecule has 0 N–H and O–H groups in total. The molecule has 0 saturated carbocycles. The molecule has 4 nitrogen and oxygen atoms in total. The number of likely N-dealkylation sites (tertiary alicyclic amines) is 1. The molecular weight excluding hydrogens is 242 g/mol. The van der Waals surface area contributed by atoms with Gasteiger partial charge in [-0.2, -0.15) is 0 Å². The smallest absolute Gasteiger partial charge is 0.329 e. The lowest BCUT2D eigenvalue weighted by Crippen LogP contribution is -2.45. The molecule has 0 aromatic carbocycles. The maximum Gasteiger partial charge on any atom is 0.329 e. The molecule has 0 aromatic rings. The van der Waals surface area contributed by atoms with Gasteiger partial charge in [0.2, 0.25) is 5.91 Å². The number of hydrogen-bond acceptors (Lipinski definition) is 3. The summed E-state index contributed by atoms with van der Waals surface area (Å²) in [4.78, 5) is 25.2. The number of halogens is 1. The van der Waals surface area contributed by atoms with E-state index in [-0.39, 0.29) is 17.3 Å². The van der Waals surface area contributed by atoms with Gasteiger partial charge in [0.25, 0.3) is 0 Å². The quantitative estimate of drug-likeness (QED) is 0.576. The van der Waals surface area contributed by atoms with Crippen LogP contribution in [0.25, 0.3) is 0 Å². The first-order valence-electron chi connectivity index (χ1n) is 5.91. The topological polar surface area (TPSA) is 46.6 Å². The molecule has 1 amide bonds. The lowest BCUT2D eigenvalue weighted by molar-refractivity contribution is -0.163. The minimum Gasteiger partial charge on any atom is -0.458 e. The highest BCUT2D eigenvalue weighted by Crippen LogP contribution is 2.22. The molecular formula is C12H20ClNO3. The summed E-state index contributed by atoms with van der Waals surface area (Å²) in [5, 5.41) is -0.195. The van der Waals surface area contributed by atoms with Crippen molar-refractivity contribution in [3.05, 3.63) is 0 Å². The van der Waals surface area contributed by atoms with Crippen molar-refractivity contribution in [3.8, 4) is 0 Å². The fourth-order valence-electron chi connectivity index (χ4n) is 1.87. The number of amides is 1. The number of esters is 1. The van der Waals surface area contributed by atoms with E-state index in [1.165, 1.54) is 4.90 Å². The van der Waals surface area contributed by atoms with Gasteiger partial charge in [0.05, 0.1) is 5.38 Å². The zero-order chi connectivity index (χ0) is 13.2. The molecule has 0 aromatic heterocycles. The fraction of sp³-hybridized carbons (Fsp3) is 0.833. The highest BCUT2D eigenvalue weighted by molar-refractivity contribution is 6.22. The molecule has 17 heavy (non-hydrogen) atoms. The van der Waals surface area contributed by atoms with Gasteiger partial charge in [-0.1, -0.05) is 6.92 Å². The van der Waals surface area contributed by atoms with Crippen LogP contribution in [0.15, 0.2) is 0 Å². The standard InChI is InChI=1S/C12H20ClNO3/c1-5-9(11(16)17-12(2,3)4)14-7-8(13)6-10(14)15/h8-9H,5-7H2,1-4H3/t8?,9-/m1/s1. The van der Waals surface area contributed by atoms with Crippen LogP contribution in [0.4, 0.5) is 0 Å². The van der Waals surface area contributed by atoms with Gasteiger partial charge in [-0.25, -0.2) is 4.79 Å². The first-order chi connectivity index (χ1) is 7.74. The largest absolute Gasteiger partial charge is 0.458 e. The van der Waals surface area contributed by atoms with Crippen molar-refractivity contribution in [2.75, 3.05) is 6.54 Å². The third-order valence-electron chi connectivity index (χ3n) is 2.55. The molecule has 1 heterocycles. The SMILES string of the molecule is CC[C@H](C(=O)OC(C)(C)C)N1CC(Cl)CC1=O. The lowest BCUT2D eigenvalue weighted by atomic mass is 10.1. The van der Waals surface area contributed by atoms with E-state index in [0.717, 1.165) is 0 Å². The van der Waals surface area contributed by atoms with Crippen molar-refractivity contribution < 1.29 is 14.3 Å². The van der Waals surface area contributed by atoms with Crippen molar-refractivity contribution >= 4 is 23.5 Å². The zero-order valence-corrected chi connectivity index (χ0v) is 11.6. The minimum atomic E-state index is -0.534. The highest BCUT2D eigenvalue weighted by atomic mass is 35.5. The summed E-state index contributed by atoms with van der Waals surface area (Å²) in [6, 6.07) is -0.509. The van der Waals surface area contributed by atoms with E-state index in [2.05, 4.69) is 0 Å². The molecule has 1 aliphatic heterocycles. The maximum atomic E-state index is 12.0. The monoisotopic (exact) mass is 261 g/mol. The van der Waals surface area contributed by atoms with E-state index in [9.17, 15) is 9.59 Å². The van der Waals surface area contributed by atoms with E-state index in [4.69, 9.17) is 16.3 Å². The van der Waals surface area contributed by atoms with Crippen LogP contribution >= 0.6 is 11.6 Å². The Labute approximate surface area is 107 Å². The molecule has 1 aliphatic rings. The van der Waals surface area contributed by atoms with Crippen molar-refractivity contribution in [3.63, 3.8) is 0 Å². The second kappa shape index (κ2) is 5.25. The summed E-state index contributed by atoms with van der Waals surface area (Å²) in [6.07, 6.45) is 0.852. The van der Waals surface area contributed by atoms with Crippen LogP contribution in [0.2, 0.25) is 0 Å². The Bertz CT molecular complexity index is 311. The van der Waals surface area contributed by atoms with Gasteiger partial charge in [0.1, 0.15) is 11.6 Å². The third kappa shape index (κ3) is 3.87. The first kappa shape index (κ1) is 14.3. The van der Waals surface area contributed by atoms with Gasteiger partial charge in [-0.15, -0.1) is 11.6 Å². The third-order valence-corrected chi connectivity index (χ3v) is 2.85. The molecule has 1 unspecified atom stereocenters. The Morgan fingerprint density at radius 3 is 2.53 bits per heavy atom. The summed E-state index contributed by atoms with van der Waals surface area (Å²) in [5.74, 6) is -0.415. The lowest BCUT2D eigenvalue weighted by Gasteiger charge is -2.29. The molecule has 1 fully saturated rings. The van der Waals surface area contributed by atoms with E-state index in [1.54, 1.807) is 0 Å². The second-order valence-corrected chi connectivity index (χ2v) is 5.92. The molecule has 0 spiro atoms. The summed E-state index contributed by atoms with van der Waals surface area (Å²) in [6.45, 7) is 7.73. The molecule has 0 aliphatic carbocycles. The molecule has 1 rings (SSSR count). The predicted molar refractivity (Wildman–Crippen MR) is 65.9 cm³/mol. The number of hydrogen-bond donors (Lipinski definition) is 0. The Kier molecular flexibility index (Phi) is 4.42. The predicted octanol–water partition coefficient (Wildman–Crippen LogP) is 1.95. The van der Waals surface area contributed by atoms with Crippen LogP contribution in [-0.2, 0) is 14.3 Å². The summed E-state index contributed by atoms with van der Waals surface area (Å²) in [7, 11) is 0. The Morgan fingerprint density at radius 2 is 2.18 bits per heavy atom. The van der Waals surface area contributed by atoms with Crippen molar-refractivity contribution in [2.24, 2.45) is 0 Å². The number of carbonyl (C=O) groups excluding carboxylic acids is 2. The molecule has 98 valence electrons. The number of alkyl halides is 1. The Hall–Kier alpha value is -0.770. The van der Waals surface area contributed by atoms with Crippen LogP contribution in [0.3, 0.4) is 0 Å². The summed E-state index contributed by atoms with van der Waals surface area (Å²) >= 11 is 5.93. The summed E-state index contributed by atoms with van der Waals surface area (Å²) in [5.41, 5.74) is -0.534. The van der Waals surface area contributed by atoms with Gasteiger partial charge in [-0.3, -0.25) is 4.79 Å². The van der Waals surface area contributed by atoms with E-state index in [0.29, 0.717) is 19.4 Å². The number of nitrogens with zero attached hydrogens (tertiary/aromatic N) is 1. The fourth-order valence-corrected chi connectivity index (χ4v) is 2.15. The average molecular weight is 262 g/mol. The minimum absolute atomic E-state index is 0.0669. The Balaban J connectivity index is 2.71. The highest BCUT2D eigenvalue weighted by Gasteiger charge is 2.37. The van der Waals surface area contributed by atoms with Gasteiger partial charge >= 0.3 is 5.97 Å². The van der Waals surface area contributed by atoms with Gasteiger partial charge in [-0.05, 0) is 27.2 Å². The molecule has 1 saturated heterocycles. The van der Waals surface area contributed by atoms with Crippen LogP contribution in [0.1, 0.15) is 40.5 Å². The van der Waals surface area contributed by atoms with Crippen molar-refractivity contribution in [2.45, 2.75) is 57.6 Å². The Morgan fingerprint density at radius 1 is 1.59 bits per heavy atom. The summed E-state index contributed by atoms with van der Waals surface area (Å²) < 4.78 is 5.31. The number of ether oxygens (including phenoxy) is 1. The number of rotatable bonds is 3. The van der Waals surface area contributed by atoms with Crippen molar-refractivity contribution in [1.82, 2.24) is 4.90 Å². The van der Waals surface area contributed by atoms with E-state index in [1.807, 2.05) is 27.7 Å². The normalized spacial score (nSPS) is 22.8. The average Bonchev–Trinajstić information content (AvgIpc) is 2.43. The molecule has 2 atom stereocenters. The van der Waals surface area contributed by atoms with Gasteiger partial charge < -0.3 is 9.64 Å². The van der Waals surface area contributed by atoms with Crippen molar-refractivity contribution in [1.29, 1.82) is 0 Å². The number of carbonyl (C=O) groups is 2. The molecule has 0 radical (unpaired) electrons. The van der Waals surface area contributed by atoms with Crippen LogP contribution in [-0.4, -0.2) is 40.3 Å². The van der Waals surface area contributed by atoms with Crippen LogP contribution < -0.4 is 0 Å².